The number of aromatic hydroxyl groups is 1. The number of likely N-dealkylation sites (tertiary alicyclic amines) is 1. The van der Waals surface area contributed by atoms with Gasteiger partial charge in [-0.15, -0.1) is 0 Å². The molecule has 4 fully saturated rings. The minimum Gasteiger partial charge on any atom is -0.508 e. The van der Waals surface area contributed by atoms with Crippen LogP contribution in [0.4, 0.5) is 14.6 Å². The molecule has 0 bridgehead atoms. The summed E-state index contributed by atoms with van der Waals surface area (Å²) in [4.78, 5) is 18.5. The van der Waals surface area contributed by atoms with Crippen molar-refractivity contribution in [3.63, 3.8) is 0 Å². The number of ether oxygens (including phenoxy) is 2. The summed E-state index contributed by atoms with van der Waals surface area (Å²) in [5.41, 5.74) is -1.20. The summed E-state index contributed by atoms with van der Waals surface area (Å²) in [6.07, 6.45) is 9.60. The quantitative estimate of drug-likeness (QED) is 0.282. The number of pyridine rings is 1. The maximum atomic E-state index is 16.7. The van der Waals surface area contributed by atoms with E-state index in [4.69, 9.17) is 14.5 Å². The molecule has 0 amide bonds. The summed E-state index contributed by atoms with van der Waals surface area (Å²) in [7, 11) is 0. The van der Waals surface area contributed by atoms with E-state index in [2.05, 4.69) is 14.9 Å². The number of benzene rings is 2. The molecule has 3 unspecified atom stereocenters. The number of fused-ring (bicyclic) bond motifs is 3. The molecular weight excluding hydrogens is 592 g/mol. The third-order valence-electron chi connectivity index (χ3n) is 10.4. The van der Waals surface area contributed by atoms with Crippen molar-refractivity contribution in [1.82, 2.24) is 19.9 Å². The summed E-state index contributed by atoms with van der Waals surface area (Å²) in [5, 5.41) is 22.4. The van der Waals surface area contributed by atoms with E-state index in [1.807, 2.05) is 4.90 Å². The molecule has 9 nitrogen and oxygen atoms in total. The first-order chi connectivity index (χ1) is 22.2. The first kappa shape index (κ1) is 29.7. The highest BCUT2D eigenvalue weighted by atomic mass is 19.1. The SMILES string of the molecule is CC1(O)COCCN(c2nc(OCC34CCCC3N(C3CC3)CCC4)nc3c(F)c(-c4cc(O)cc5cccc(F)c45)ncc23)C1. The van der Waals surface area contributed by atoms with Crippen LogP contribution in [0.1, 0.15) is 51.9 Å². The second-order valence-electron chi connectivity index (χ2n) is 13.9. The second-order valence-corrected chi connectivity index (χ2v) is 13.9. The lowest BCUT2D eigenvalue weighted by Crippen LogP contribution is -2.52. The van der Waals surface area contributed by atoms with Crippen LogP contribution in [-0.2, 0) is 4.74 Å². The molecule has 2 aromatic carbocycles. The minimum atomic E-state index is -1.16. The first-order valence-corrected chi connectivity index (χ1v) is 16.4. The number of nitrogens with zero attached hydrogens (tertiary/aromatic N) is 5. The number of β-amino-alcohol motifs (C(OH)–C–C–N with tert-alkyl or cyclic N) is 1. The van der Waals surface area contributed by atoms with Crippen molar-refractivity contribution in [3.05, 3.63) is 48.2 Å². The molecule has 242 valence electrons. The minimum absolute atomic E-state index is 0.000603. The lowest BCUT2D eigenvalue weighted by molar-refractivity contribution is -0.0123. The highest BCUT2D eigenvalue weighted by molar-refractivity contribution is 6.00. The number of aromatic nitrogens is 3. The zero-order valence-corrected chi connectivity index (χ0v) is 26.0. The van der Waals surface area contributed by atoms with Gasteiger partial charge in [0.15, 0.2) is 5.82 Å². The van der Waals surface area contributed by atoms with Crippen molar-refractivity contribution in [2.45, 2.75) is 69.6 Å². The van der Waals surface area contributed by atoms with Crippen molar-refractivity contribution < 1.29 is 28.5 Å². The number of phenolic OH excluding ortho intramolecular Hbond substituents is 1. The molecule has 4 aromatic rings. The number of rotatable bonds is 6. The molecule has 46 heavy (non-hydrogen) atoms. The van der Waals surface area contributed by atoms with Crippen LogP contribution in [0.5, 0.6) is 11.8 Å². The van der Waals surface area contributed by atoms with Crippen molar-refractivity contribution in [2.24, 2.45) is 5.41 Å². The van der Waals surface area contributed by atoms with Gasteiger partial charge in [-0.05, 0) is 75.6 Å². The fourth-order valence-electron chi connectivity index (χ4n) is 8.24. The lowest BCUT2D eigenvalue weighted by atomic mass is 9.75. The molecule has 2 aliphatic carbocycles. The monoisotopic (exact) mass is 631 g/mol. The van der Waals surface area contributed by atoms with Crippen LogP contribution < -0.4 is 9.64 Å². The van der Waals surface area contributed by atoms with Crippen LogP contribution in [0.25, 0.3) is 32.9 Å². The summed E-state index contributed by atoms with van der Waals surface area (Å²) in [6.45, 7) is 4.39. The molecule has 2 N–H and O–H groups in total. The molecule has 2 aromatic heterocycles. The van der Waals surface area contributed by atoms with Gasteiger partial charge in [0.25, 0.3) is 0 Å². The molecule has 2 saturated heterocycles. The van der Waals surface area contributed by atoms with Gasteiger partial charge in [0.2, 0.25) is 0 Å². The van der Waals surface area contributed by atoms with E-state index in [1.54, 1.807) is 19.1 Å². The number of aliphatic hydroxyl groups is 1. The number of anilines is 1. The predicted molar refractivity (Wildman–Crippen MR) is 170 cm³/mol. The Morgan fingerprint density at radius 2 is 1.93 bits per heavy atom. The summed E-state index contributed by atoms with van der Waals surface area (Å²) >= 11 is 0. The molecule has 11 heteroatoms. The van der Waals surface area contributed by atoms with Gasteiger partial charge < -0.3 is 24.6 Å². The van der Waals surface area contributed by atoms with Gasteiger partial charge >= 0.3 is 6.01 Å². The van der Waals surface area contributed by atoms with Crippen LogP contribution in [0.15, 0.2) is 36.5 Å². The smallest absolute Gasteiger partial charge is 0.319 e. The zero-order valence-electron chi connectivity index (χ0n) is 26.0. The van der Waals surface area contributed by atoms with Crippen molar-refractivity contribution in [3.8, 4) is 23.0 Å². The normalized spacial score (nSPS) is 27.2. The standard InChI is InChI=1S/C35H39F2N5O4/c1-34(44)18-41(13-14-45-19-34)32-25-17-38-30(24-16-23(43)15-21-5-2-6-26(36)28(21)24)29(37)31(25)39-33(40-32)46-20-35-10-3-7-27(35)42(12-4-11-35)22-8-9-22/h2,5-6,15-17,22,27,43-44H,3-4,7-14,18-20H2,1H3. The summed E-state index contributed by atoms with van der Waals surface area (Å²) < 4.78 is 44.0. The Bertz CT molecular complexity index is 1820. The van der Waals surface area contributed by atoms with Gasteiger partial charge in [-0.1, -0.05) is 18.6 Å². The first-order valence-electron chi connectivity index (χ1n) is 16.4. The highest BCUT2D eigenvalue weighted by Crippen LogP contribution is 2.51. The lowest BCUT2D eigenvalue weighted by Gasteiger charge is -2.46. The molecule has 4 aliphatic rings. The van der Waals surface area contributed by atoms with Gasteiger partial charge in [-0.25, -0.2) is 8.78 Å². The van der Waals surface area contributed by atoms with E-state index in [9.17, 15) is 10.2 Å². The van der Waals surface area contributed by atoms with E-state index < -0.39 is 17.2 Å². The van der Waals surface area contributed by atoms with Crippen LogP contribution in [0.2, 0.25) is 0 Å². The largest absolute Gasteiger partial charge is 0.508 e. The van der Waals surface area contributed by atoms with Gasteiger partial charge in [0, 0.05) is 41.2 Å². The molecule has 8 rings (SSSR count). The summed E-state index contributed by atoms with van der Waals surface area (Å²) in [6, 6.07) is 8.46. The molecule has 2 saturated carbocycles. The maximum Gasteiger partial charge on any atom is 0.319 e. The molecular formula is C35H39F2N5O4. The van der Waals surface area contributed by atoms with E-state index in [0.29, 0.717) is 48.4 Å². The average Bonchev–Trinajstić information content (AvgIpc) is 3.81. The van der Waals surface area contributed by atoms with Crippen molar-refractivity contribution in [1.29, 1.82) is 0 Å². The summed E-state index contributed by atoms with van der Waals surface area (Å²) in [5.74, 6) is -1.06. The fraction of sp³-hybridized carbons (Fsp3) is 0.514. The Hall–Kier alpha value is -3.67. The second kappa shape index (κ2) is 11.2. The van der Waals surface area contributed by atoms with Gasteiger partial charge in [0.05, 0.1) is 31.8 Å². The Kier molecular flexibility index (Phi) is 7.26. The van der Waals surface area contributed by atoms with Gasteiger partial charge in [0.1, 0.15) is 34.2 Å². The van der Waals surface area contributed by atoms with Crippen molar-refractivity contribution >= 4 is 27.5 Å². The van der Waals surface area contributed by atoms with Crippen LogP contribution in [0.3, 0.4) is 0 Å². The maximum absolute atomic E-state index is 16.7. The molecule has 4 heterocycles. The number of phenols is 1. The van der Waals surface area contributed by atoms with Crippen LogP contribution in [-0.4, -0.2) is 87.2 Å². The molecule has 2 aliphatic heterocycles. The fourth-order valence-corrected chi connectivity index (χ4v) is 8.24. The number of hydrogen-bond acceptors (Lipinski definition) is 9. The molecule has 0 radical (unpaired) electrons. The predicted octanol–water partition coefficient (Wildman–Crippen LogP) is 5.59. The number of halogens is 2. The Labute approximate surface area is 266 Å². The Morgan fingerprint density at radius 1 is 1.09 bits per heavy atom. The Balaban J connectivity index is 1.24. The van der Waals surface area contributed by atoms with Crippen LogP contribution >= 0.6 is 0 Å². The highest BCUT2D eigenvalue weighted by Gasteiger charge is 2.51. The van der Waals surface area contributed by atoms with Crippen molar-refractivity contribution in [2.75, 3.05) is 44.4 Å². The van der Waals surface area contributed by atoms with Gasteiger partial charge in [-0.2, -0.15) is 9.97 Å². The molecule has 0 spiro atoms. The average molecular weight is 632 g/mol. The molecule has 3 atom stereocenters. The number of piperidine rings is 1. The van der Waals surface area contributed by atoms with E-state index in [0.717, 1.165) is 38.6 Å². The number of hydrogen-bond donors (Lipinski definition) is 2. The topological polar surface area (TPSA) is 104 Å². The van der Waals surface area contributed by atoms with Gasteiger partial charge in [-0.3, -0.25) is 9.88 Å². The zero-order chi connectivity index (χ0) is 31.6. The third kappa shape index (κ3) is 5.22. The third-order valence-corrected chi connectivity index (χ3v) is 10.4. The van der Waals surface area contributed by atoms with Crippen LogP contribution in [0, 0.1) is 17.0 Å². The van der Waals surface area contributed by atoms with E-state index >= 15 is 8.78 Å². The van der Waals surface area contributed by atoms with E-state index in [-0.39, 0.29) is 52.5 Å². The Morgan fingerprint density at radius 3 is 2.78 bits per heavy atom. The van der Waals surface area contributed by atoms with E-state index in [1.165, 1.54) is 37.2 Å².